The zero-order valence-electron chi connectivity index (χ0n) is 14.9. The van der Waals surface area contributed by atoms with Crippen molar-refractivity contribution in [2.45, 2.75) is 13.3 Å². The number of hydrogen-bond donors (Lipinski definition) is 3. The Morgan fingerprint density at radius 3 is 2.64 bits per heavy atom. The fourth-order valence-electron chi connectivity index (χ4n) is 3.05. The minimum absolute atomic E-state index is 0.0540. The second kappa shape index (κ2) is 6.66. The van der Waals surface area contributed by atoms with E-state index in [-0.39, 0.29) is 29.0 Å². The third-order valence-electron chi connectivity index (χ3n) is 4.46. The molecule has 3 N–H and O–H groups in total. The fourth-order valence-corrected chi connectivity index (χ4v) is 3.05. The molecule has 0 aliphatic rings. The molecule has 0 atom stereocenters. The van der Waals surface area contributed by atoms with Crippen molar-refractivity contribution in [3.05, 3.63) is 59.9 Å². The zero-order valence-corrected chi connectivity index (χ0v) is 14.9. The topological polar surface area (TPSA) is 117 Å². The van der Waals surface area contributed by atoms with E-state index in [1.807, 2.05) is 12.1 Å². The van der Waals surface area contributed by atoms with Gasteiger partial charge in [0.05, 0.1) is 28.3 Å². The number of aromatic hydroxyl groups is 1. The highest BCUT2D eigenvalue weighted by Gasteiger charge is 2.22. The summed E-state index contributed by atoms with van der Waals surface area (Å²) in [5, 5.41) is 23.2. The Morgan fingerprint density at radius 2 is 1.89 bits per heavy atom. The van der Waals surface area contributed by atoms with Crippen LogP contribution in [-0.4, -0.2) is 36.7 Å². The van der Waals surface area contributed by atoms with Gasteiger partial charge in [0.15, 0.2) is 5.78 Å². The van der Waals surface area contributed by atoms with Gasteiger partial charge in [0, 0.05) is 17.5 Å². The molecule has 0 aliphatic carbocycles. The number of ketones is 1. The summed E-state index contributed by atoms with van der Waals surface area (Å²) >= 11 is 0. The number of para-hydroxylation sites is 2. The number of amides is 1. The van der Waals surface area contributed by atoms with Gasteiger partial charge in [0.25, 0.3) is 5.91 Å². The molecular formula is C20H16N4O4. The van der Waals surface area contributed by atoms with Crippen molar-refractivity contribution in [2.75, 3.05) is 5.32 Å². The quantitative estimate of drug-likeness (QED) is 0.371. The smallest absolute Gasteiger partial charge is 0.275 e. The third-order valence-corrected chi connectivity index (χ3v) is 4.46. The highest BCUT2D eigenvalue weighted by atomic mass is 16.5. The van der Waals surface area contributed by atoms with E-state index in [1.165, 1.54) is 12.3 Å². The summed E-state index contributed by atoms with van der Waals surface area (Å²) in [6.45, 7) is 1.67. The van der Waals surface area contributed by atoms with E-state index in [0.29, 0.717) is 26.8 Å². The van der Waals surface area contributed by atoms with Gasteiger partial charge in [0.2, 0.25) is 5.88 Å². The Hall–Kier alpha value is -3.94. The van der Waals surface area contributed by atoms with Crippen LogP contribution in [0.2, 0.25) is 0 Å². The molecule has 1 amide bonds. The molecule has 0 radical (unpaired) electrons. The molecule has 0 aliphatic heterocycles. The van der Waals surface area contributed by atoms with Crippen LogP contribution >= 0.6 is 0 Å². The summed E-state index contributed by atoms with van der Waals surface area (Å²) in [7, 11) is 0. The molecule has 4 aromatic rings. The highest BCUT2D eigenvalue weighted by molar-refractivity contribution is 6.11. The number of rotatable bonds is 4. The number of carbonyl (C=O) groups excluding carboxylic acids is 2. The fraction of sp³-hybridized carbons (Fsp3) is 0.100. The molecular weight excluding hydrogens is 360 g/mol. The van der Waals surface area contributed by atoms with Crippen molar-refractivity contribution >= 4 is 39.3 Å². The van der Waals surface area contributed by atoms with E-state index in [9.17, 15) is 19.9 Å². The van der Waals surface area contributed by atoms with Crippen LogP contribution in [0.25, 0.3) is 21.9 Å². The lowest BCUT2D eigenvalue weighted by atomic mass is 10.1. The third kappa shape index (κ3) is 2.81. The lowest BCUT2D eigenvalue weighted by Crippen LogP contribution is -2.14. The van der Waals surface area contributed by atoms with Crippen molar-refractivity contribution < 1.29 is 19.9 Å². The maximum absolute atomic E-state index is 12.5. The van der Waals surface area contributed by atoms with Crippen molar-refractivity contribution in [2.24, 2.45) is 0 Å². The second-order valence-corrected chi connectivity index (χ2v) is 6.22. The van der Waals surface area contributed by atoms with Gasteiger partial charge in [-0.3, -0.25) is 14.6 Å². The first-order valence-corrected chi connectivity index (χ1v) is 8.62. The number of benzene rings is 2. The van der Waals surface area contributed by atoms with Crippen molar-refractivity contribution in [3.63, 3.8) is 0 Å². The van der Waals surface area contributed by atoms with Crippen molar-refractivity contribution in [3.8, 4) is 5.88 Å². The maximum Gasteiger partial charge on any atom is 0.275 e. The number of Topliss-reactive ketones (excluding diaryl/α,β-unsaturated/α-hetero) is 1. The number of anilines is 1. The highest BCUT2D eigenvalue weighted by Crippen LogP contribution is 2.32. The summed E-state index contributed by atoms with van der Waals surface area (Å²) in [6.07, 6.45) is 1.57. The van der Waals surface area contributed by atoms with E-state index in [2.05, 4.69) is 15.3 Å². The first-order valence-electron chi connectivity index (χ1n) is 8.62. The van der Waals surface area contributed by atoms with E-state index in [0.717, 1.165) is 0 Å². The molecule has 140 valence electrons. The normalized spacial score (nSPS) is 11.0. The molecule has 0 fully saturated rings. The molecule has 0 saturated carbocycles. The van der Waals surface area contributed by atoms with Crippen LogP contribution in [0.4, 0.5) is 5.69 Å². The molecule has 0 unspecified atom stereocenters. The Balaban J connectivity index is 1.68. The molecule has 8 nitrogen and oxygen atoms in total. The summed E-state index contributed by atoms with van der Waals surface area (Å²) in [6, 6.07) is 11.8. The molecule has 0 bridgehead atoms. The number of nitrogens with one attached hydrogen (secondary N) is 1. The zero-order chi connectivity index (χ0) is 19.8. The Morgan fingerprint density at radius 1 is 1.14 bits per heavy atom. The van der Waals surface area contributed by atoms with Crippen LogP contribution in [0, 0.1) is 0 Å². The molecule has 4 rings (SSSR count). The number of fused-ring (bicyclic) bond motifs is 2. The lowest BCUT2D eigenvalue weighted by molar-refractivity contribution is 0.0978. The minimum Gasteiger partial charge on any atom is -0.492 e. The second-order valence-electron chi connectivity index (χ2n) is 6.22. The van der Waals surface area contributed by atoms with Gasteiger partial charge in [-0.1, -0.05) is 19.1 Å². The number of carbonyl (C=O) groups is 2. The van der Waals surface area contributed by atoms with Crippen LogP contribution in [-0.2, 0) is 0 Å². The van der Waals surface area contributed by atoms with E-state index in [1.54, 1.807) is 31.2 Å². The monoisotopic (exact) mass is 376 g/mol. The van der Waals surface area contributed by atoms with Crippen molar-refractivity contribution in [1.29, 1.82) is 0 Å². The van der Waals surface area contributed by atoms with E-state index < -0.39 is 11.8 Å². The SMILES string of the molecule is CCC(=O)c1c(O)n(O)c2cc(NC(=O)c3cnc4ccccc4n3)ccc12. The predicted molar refractivity (Wildman–Crippen MR) is 103 cm³/mol. The predicted octanol–water partition coefficient (Wildman–Crippen LogP) is 3.37. The van der Waals surface area contributed by atoms with Crippen LogP contribution < -0.4 is 5.32 Å². The number of nitrogens with zero attached hydrogens (tertiary/aromatic N) is 3. The first kappa shape index (κ1) is 17.5. The van der Waals surface area contributed by atoms with Crippen LogP contribution in [0.1, 0.15) is 34.2 Å². The summed E-state index contributed by atoms with van der Waals surface area (Å²) < 4.78 is 0.531. The van der Waals surface area contributed by atoms with Gasteiger partial charge in [-0.05, 0) is 30.3 Å². The van der Waals surface area contributed by atoms with Crippen molar-refractivity contribution in [1.82, 2.24) is 14.7 Å². The molecule has 2 aromatic heterocycles. The summed E-state index contributed by atoms with van der Waals surface area (Å²) in [5.74, 6) is -1.29. The van der Waals surface area contributed by atoms with Crippen LogP contribution in [0.5, 0.6) is 5.88 Å². The Bertz CT molecular complexity index is 1250. The molecule has 2 aromatic carbocycles. The largest absolute Gasteiger partial charge is 0.492 e. The van der Waals surface area contributed by atoms with Gasteiger partial charge in [-0.15, -0.1) is 0 Å². The average molecular weight is 376 g/mol. The number of aromatic nitrogens is 3. The van der Waals surface area contributed by atoms with Gasteiger partial charge in [0.1, 0.15) is 5.69 Å². The lowest BCUT2D eigenvalue weighted by Gasteiger charge is -2.06. The van der Waals surface area contributed by atoms with Crippen LogP contribution in [0.15, 0.2) is 48.7 Å². The molecule has 0 saturated heterocycles. The summed E-state index contributed by atoms with van der Waals surface area (Å²) in [4.78, 5) is 33.1. The van der Waals surface area contributed by atoms with E-state index >= 15 is 0 Å². The first-order chi connectivity index (χ1) is 13.5. The molecule has 2 heterocycles. The maximum atomic E-state index is 12.5. The molecule has 8 heteroatoms. The molecule has 0 spiro atoms. The molecule has 28 heavy (non-hydrogen) atoms. The Kier molecular flexibility index (Phi) is 4.15. The van der Waals surface area contributed by atoms with Gasteiger partial charge in [-0.25, -0.2) is 4.98 Å². The average Bonchev–Trinajstić information content (AvgIpc) is 2.97. The van der Waals surface area contributed by atoms with Crippen LogP contribution in [0.3, 0.4) is 0 Å². The standard InChI is InChI=1S/C20H16N4O4/c1-2-17(25)18-12-8-7-11(9-16(12)24(28)20(18)27)22-19(26)15-10-21-13-5-3-4-6-14(13)23-15/h3-10,27-28H,2H2,1H3,(H,22,26). The van der Waals surface area contributed by atoms with Gasteiger partial charge >= 0.3 is 0 Å². The number of hydrogen-bond acceptors (Lipinski definition) is 6. The summed E-state index contributed by atoms with van der Waals surface area (Å²) in [5.41, 5.74) is 2.05. The Labute approximate surface area is 159 Å². The van der Waals surface area contributed by atoms with E-state index in [4.69, 9.17) is 0 Å². The van der Waals surface area contributed by atoms with Gasteiger partial charge in [-0.2, -0.15) is 4.73 Å². The van der Waals surface area contributed by atoms with Gasteiger partial charge < -0.3 is 15.6 Å². The minimum atomic E-state index is -0.522.